The predicted octanol–water partition coefficient (Wildman–Crippen LogP) is 4.20. The normalized spacial score (nSPS) is 21.0. The number of piperidine rings is 1. The third-order valence-corrected chi connectivity index (χ3v) is 11.1. The number of aromatic hydroxyl groups is 1. The zero-order valence-corrected chi connectivity index (χ0v) is 31.3. The van der Waals surface area contributed by atoms with Gasteiger partial charge in [0.25, 0.3) is 11.8 Å². The highest BCUT2D eigenvalue weighted by Gasteiger charge is 2.44. The Hall–Kier alpha value is -5.70. The molecule has 0 bridgehead atoms. The van der Waals surface area contributed by atoms with Gasteiger partial charge < -0.3 is 10.0 Å². The van der Waals surface area contributed by atoms with Crippen LogP contribution in [0.4, 0.5) is 5.69 Å². The Balaban J connectivity index is 0.829. The fraction of sp³-hybridized carbons (Fsp3) is 0.302. The first-order valence-electron chi connectivity index (χ1n) is 19.3. The lowest BCUT2D eigenvalue weighted by atomic mass is 9.88. The van der Waals surface area contributed by atoms with Gasteiger partial charge in [0.2, 0.25) is 11.8 Å². The summed E-state index contributed by atoms with van der Waals surface area (Å²) >= 11 is 0. The lowest BCUT2D eigenvalue weighted by Crippen LogP contribution is -2.54. The zero-order chi connectivity index (χ0) is 38.8. The maximum absolute atomic E-state index is 13.3. The highest BCUT2D eigenvalue weighted by Crippen LogP contribution is 2.36. The lowest BCUT2D eigenvalue weighted by Gasteiger charge is -2.36. The van der Waals surface area contributed by atoms with Crippen molar-refractivity contribution in [3.63, 3.8) is 0 Å². The Kier molecular flexibility index (Phi) is 10.8. The zero-order valence-electron chi connectivity index (χ0n) is 31.3. The maximum Gasteiger partial charge on any atom is 0.262 e. The van der Waals surface area contributed by atoms with Crippen molar-refractivity contribution in [3.8, 4) is 5.75 Å². The summed E-state index contributed by atoms with van der Waals surface area (Å²) in [5.74, 6) is -1.73. The van der Waals surface area contributed by atoms with Crippen LogP contribution >= 0.6 is 0 Å². The van der Waals surface area contributed by atoms with Crippen LogP contribution in [-0.2, 0) is 9.59 Å². The standard InChI is InChI=1S/C43H46N8O5/c1-2-34(28-7-4-3-5-8-28)39(30-13-16-33(52)17-14-30)29-9-11-31(12-10-29)40-45-47-50(46-40)22-6-21-48-23-25-49(26-24-48)32-15-18-35-36(27-32)43(56)51(42(35)55)37-19-20-38(53)44-41(37)54/h3-5,7-18,27,37,40,45-47,52H,2,6,19-26H2,1H3,(H,44,53,54)/b39-34+. The first-order chi connectivity index (χ1) is 27.3. The van der Waals surface area contributed by atoms with E-state index in [0.29, 0.717) is 11.1 Å². The molecule has 8 rings (SSSR count). The number of imide groups is 2. The molecule has 4 heterocycles. The highest BCUT2D eigenvalue weighted by molar-refractivity contribution is 6.23. The lowest BCUT2D eigenvalue weighted by molar-refractivity contribution is -0.136. The average molecular weight is 755 g/mol. The first-order valence-corrected chi connectivity index (χ1v) is 19.3. The Bertz CT molecular complexity index is 2150. The van der Waals surface area contributed by atoms with Crippen LogP contribution in [0, 0.1) is 0 Å². The van der Waals surface area contributed by atoms with E-state index in [9.17, 15) is 24.3 Å². The fourth-order valence-electron chi connectivity index (χ4n) is 8.13. The van der Waals surface area contributed by atoms with Gasteiger partial charge in [-0.1, -0.05) is 73.7 Å². The van der Waals surface area contributed by atoms with E-state index in [-0.39, 0.29) is 24.8 Å². The van der Waals surface area contributed by atoms with Gasteiger partial charge in [-0.3, -0.25) is 34.3 Å². The first kappa shape index (κ1) is 37.2. The highest BCUT2D eigenvalue weighted by atomic mass is 16.3. The number of carbonyl (C=O) groups excluding carboxylic acids is 4. The number of hydrogen-bond acceptors (Lipinski definition) is 11. The van der Waals surface area contributed by atoms with E-state index >= 15 is 0 Å². The number of hydrazine groups is 3. The molecule has 4 amide bonds. The molecular formula is C43H46N8O5. The van der Waals surface area contributed by atoms with Crippen molar-refractivity contribution < 1.29 is 24.3 Å². The minimum atomic E-state index is -0.972. The van der Waals surface area contributed by atoms with Gasteiger partial charge in [0.15, 0.2) is 0 Å². The van der Waals surface area contributed by atoms with Gasteiger partial charge in [0, 0.05) is 44.8 Å². The largest absolute Gasteiger partial charge is 0.508 e. The molecule has 2 atom stereocenters. The summed E-state index contributed by atoms with van der Waals surface area (Å²) in [4.78, 5) is 56.1. The number of piperazine rings is 1. The average Bonchev–Trinajstić information content (AvgIpc) is 3.79. The molecule has 0 aromatic heterocycles. The van der Waals surface area contributed by atoms with E-state index in [2.05, 4.69) is 87.0 Å². The number of allylic oxidation sites excluding steroid dienone is 1. The molecule has 3 fully saturated rings. The molecule has 0 spiro atoms. The van der Waals surface area contributed by atoms with Gasteiger partial charge in [0.1, 0.15) is 18.0 Å². The third kappa shape index (κ3) is 7.59. The van der Waals surface area contributed by atoms with Crippen LogP contribution in [0.5, 0.6) is 5.75 Å². The van der Waals surface area contributed by atoms with Crippen molar-refractivity contribution >= 4 is 40.5 Å². The van der Waals surface area contributed by atoms with Gasteiger partial charge >= 0.3 is 0 Å². The van der Waals surface area contributed by atoms with Crippen molar-refractivity contribution in [1.29, 1.82) is 0 Å². The molecular weight excluding hydrogens is 709 g/mol. The molecule has 4 aromatic carbocycles. The van der Waals surface area contributed by atoms with Crippen LogP contribution in [-0.4, -0.2) is 89.0 Å². The number of hydrogen-bond donors (Lipinski definition) is 5. The van der Waals surface area contributed by atoms with Crippen molar-refractivity contribution in [2.45, 2.75) is 44.8 Å². The second-order valence-corrected chi connectivity index (χ2v) is 14.6. The van der Waals surface area contributed by atoms with Crippen molar-refractivity contribution in [2.24, 2.45) is 0 Å². The summed E-state index contributed by atoms with van der Waals surface area (Å²) in [5, 5.41) is 14.2. The summed E-state index contributed by atoms with van der Waals surface area (Å²) in [6.45, 7) is 7.20. The monoisotopic (exact) mass is 754 g/mol. The molecule has 56 heavy (non-hydrogen) atoms. The van der Waals surface area contributed by atoms with E-state index in [1.165, 1.54) is 11.1 Å². The van der Waals surface area contributed by atoms with E-state index in [4.69, 9.17) is 0 Å². The summed E-state index contributed by atoms with van der Waals surface area (Å²) in [6.07, 6.45) is 1.93. The second-order valence-electron chi connectivity index (χ2n) is 14.6. The molecule has 0 radical (unpaired) electrons. The molecule has 3 saturated heterocycles. The second kappa shape index (κ2) is 16.2. The molecule has 4 aromatic rings. The number of fused-ring (bicyclic) bond motifs is 1. The van der Waals surface area contributed by atoms with Crippen LogP contribution < -0.4 is 26.6 Å². The molecule has 5 N–H and O–H groups in total. The summed E-state index contributed by atoms with van der Waals surface area (Å²) in [7, 11) is 0. The number of nitrogens with zero attached hydrogens (tertiary/aromatic N) is 4. The van der Waals surface area contributed by atoms with E-state index in [1.54, 1.807) is 24.3 Å². The minimum Gasteiger partial charge on any atom is -0.508 e. The number of anilines is 1. The number of benzene rings is 4. The molecule has 13 heteroatoms. The molecule has 0 aliphatic carbocycles. The van der Waals surface area contributed by atoms with Crippen LogP contribution in [0.3, 0.4) is 0 Å². The third-order valence-electron chi connectivity index (χ3n) is 11.1. The van der Waals surface area contributed by atoms with Gasteiger partial charge in [0.05, 0.1) is 11.1 Å². The van der Waals surface area contributed by atoms with Crippen molar-refractivity contribution in [3.05, 3.63) is 130 Å². The number of amides is 4. The number of phenols is 1. The molecule has 2 unspecified atom stereocenters. The topological polar surface area (TPSA) is 150 Å². The van der Waals surface area contributed by atoms with E-state index in [0.717, 1.165) is 85.0 Å². The van der Waals surface area contributed by atoms with Gasteiger partial charge in [-0.25, -0.2) is 10.9 Å². The molecule has 288 valence electrons. The molecule has 4 aliphatic heterocycles. The summed E-state index contributed by atoms with van der Waals surface area (Å²) in [6, 6.07) is 30.8. The summed E-state index contributed by atoms with van der Waals surface area (Å²) < 4.78 is 0. The number of rotatable bonds is 11. The Morgan fingerprint density at radius 2 is 1.46 bits per heavy atom. The van der Waals surface area contributed by atoms with Crippen LogP contribution in [0.2, 0.25) is 0 Å². The maximum atomic E-state index is 13.3. The fourth-order valence-corrected chi connectivity index (χ4v) is 8.13. The minimum absolute atomic E-state index is 0.0929. The smallest absolute Gasteiger partial charge is 0.262 e. The number of carbonyl (C=O) groups is 4. The Morgan fingerprint density at radius 1 is 0.768 bits per heavy atom. The van der Waals surface area contributed by atoms with Crippen LogP contribution in [0.25, 0.3) is 11.1 Å². The Morgan fingerprint density at radius 3 is 2.16 bits per heavy atom. The van der Waals surface area contributed by atoms with Crippen molar-refractivity contribution in [1.82, 2.24) is 36.6 Å². The van der Waals surface area contributed by atoms with Gasteiger partial charge in [-0.2, -0.15) is 10.7 Å². The van der Waals surface area contributed by atoms with E-state index in [1.807, 2.05) is 29.4 Å². The van der Waals surface area contributed by atoms with Crippen LogP contribution in [0.1, 0.15) is 81.7 Å². The predicted molar refractivity (Wildman–Crippen MR) is 212 cm³/mol. The van der Waals surface area contributed by atoms with Gasteiger partial charge in [-0.15, -0.1) is 0 Å². The quantitative estimate of drug-likeness (QED) is 0.111. The van der Waals surface area contributed by atoms with Crippen LogP contribution in [0.15, 0.2) is 97.1 Å². The number of nitrogens with one attached hydrogen (secondary N) is 4. The van der Waals surface area contributed by atoms with Gasteiger partial charge in [-0.05, 0) is 89.5 Å². The molecule has 4 aliphatic rings. The SMILES string of the molecule is CC/C(=C(\c1ccc(O)cc1)c1ccc(C2NNN(CCCN3CCN(c4ccc5c(c4)C(=O)N(C4CCC(=O)NC4=O)C5=O)CC3)N2)cc1)c1ccccc1. The molecule has 13 nitrogen and oxygen atoms in total. The van der Waals surface area contributed by atoms with Crippen molar-refractivity contribution in [2.75, 3.05) is 44.2 Å². The van der Waals surface area contributed by atoms with E-state index < -0.39 is 29.7 Å². The molecule has 0 saturated carbocycles. The summed E-state index contributed by atoms with van der Waals surface area (Å²) in [5.41, 5.74) is 18.5. The number of phenolic OH excluding ortho intramolecular Hbond substituents is 1. The Labute approximate surface area is 325 Å².